The van der Waals surface area contributed by atoms with Gasteiger partial charge in [0.05, 0.1) is 23.1 Å². The Morgan fingerprint density at radius 2 is 2.12 bits per heavy atom. The maximum absolute atomic E-state index is 12.6. The highest BCUT2D eigenvalue weighted by atomic mass is 16.2. The van der Waals surface area contributed by atoms with Crippen LogP contribution in [0.15, 0.2) is 18.6 Å². The Bertz CT molecular complexity index is 740. The van der Waals surface area contributed by atoms with E-state index in [0.717, 1.165) is 43.1 Å². The van der Waals surface area contributed by atoms with Crippen molar-refractivity contribution >= 4 is 11.7 Å². The molecule has 1 unspecified atom stereocenters. The average molecular weight is 328 g/mol. The van der Waals surface area contributed by atoms with Crippen LogP contribution in [0.25, 0.3) is 0 Å². The summed E-state index contributed by atoms with van der Waals surface area (Å²) in [4.78, 5) is 25.8. The number of piperidine rings is 1. The third kappa shape index (κ3) is 3.25. The lowest BCUT2D eigenvalue weighted by Gasteiger charge is -2.38. The summed E-state index contributed by atoms with van der Waals surface area (Å²) in [5, 5.41) is 4.09. The smallest absolute Gasteiger partial charge is 0.257 e. The number of nitrogens with zero attached hydrogens (tertiary/aromatic N) is 6. The first-order valence-electron chi connectivity index (χ1n) is 8.26. The first-order chi connectivity index (χ1) is 11.5. The van der Waals surface area contributed by atoms with Gasteiger partial charge in [-0.15, -0.1) is 0 Å². The molecule has 128 valence electrons. The Labute approximate surface area is 142 Å². The van der Waals surface area contributed by atoms with E-state index >= 15 is 0 Å². The SMILES string of the molecule is Cc1cnc(C)c(N2CCCC(N(C)C(=O)c3cnn(C)c3)C2)n1. The molecule has 0 bridgehead atoms. The molecule has 0 radical (unpaired) electrons. The van der Waals surface area contributed by atoms with Crippen LogP contribution in [-0.4, -0.2) is 56.7 Å². The summed E-state index contributed by atoms with van der Waals surface area (Å²) >= 11 is 0. The van der Waals surface area contributed by atoms with Gasteiger partial charge in [0.2, 0.25) is 0 Å². The molecule has 2 aromatic rings. The maximum atomic E-state index is 12.6. The van der Waals surface area contributed by atoms with Crippen molar-refractivity contribution in [3.8, 4) is 0 Å². The molecule has 1 atom stereocenters. The molecule has 24 heavy (non-hydrogen) atoms. The molecule has 0 aliphatic carbocycles. The van der Waals surface area contributed by atoms with Crippen molar-refractivity contribution in [1.82, 2.24) is 24.6 Å². The molecular weight excluding hydrogens is 304 g/mol. The summed E-state index contributed by atoms with van der Waals surface area (Å²) in [6.07, 6.45) is 7.20. The molecule has 0 spiro atoms. The molecule has 0 saturated carbocycles. The standard InChI is InChI=1S/C17H24N6O/c1-12-8-18-13(2)16(20-12)23-7-5-6-15(11-23)22(4)17(24)14-9-19-21(3)10-14/h8-10,15H,5-7,11H2,1-4H3. The molecule has 7 nitrogen and oxygen atoms in total. The number of anilines is 1. The number of likely N-dealkylation sites (N-methyl/N-ethyl adjacent to an activating group) is 1. The van der Waals surface area contributed by atoms with Crippen LogP contribution in [0.2, 0.25) is 0 Å². The molecule has 0 aromatic carbocycles. The summed E-state index contributed by atoms with van der Waals surface area (Å²) in [6, 6.07) is 0.160. The Kier molecular flexibility index (Phi) is 4.51. The van der Waals surface area contributed by atoms with Gasteiger partial charge in [-0.2, -0.15) is 5.10 Å². The molecule has 1 fully saturated rings. The van der Waals surface area contributed by atoms with Crippen LogP contribution in [-0.2, 0) is 7.05 Å². The van der Waals surface area contributed by atoms with Crippen molar-refractivity contribution in [2.45, 2.75) is 32.7 Å². The van der Waals surface area contributed by atoms with Crippen LogP contribution >= 0.6 is 0 Å². The minimum Gasteiger partial charge on any atom is -0.353 e. The van der Waals surface area contributed by atoms with Crippen molar-refractivity contribution < 1.29 is 4.79 Å². The minimum absolute atomic E-state index is 0.0157. The number of rotatable bonds is 3. The topological polar surface area (TPSA) is 67.2 Å². The molecule has 3 rings (SSSR count). The number of aromatic nitrogens is 4. The maximum Gasteiger partial charge on any atom is 0.257 e. The van der Waals surface area contributed by atoms with Gasteiger partial charge in [-0.25, -0.2) is 4.98 Å². The predicted octanol–water partition coefficient (Wildman–Crippen LogP) is 1.57. The lowest BCUT2D eigenvalue weighted by atomic mass is 10.0. The fraction of sp³-hybridized carbons (Fsp3) is 0.529. The van der Waals surface area contributed by atoms with E-state index in [-0.39, 0.29) is 11.9 Å². The third-order valence-electron chi connectivity index (χ3n) is 4.57. The van der Waals surface area contributed by atoms with Crippen LogP contribution in [0.5, 0.6) is 0 Å². The van der Waals surface area contributed by atoms with E-state index in [1.807, 2.05) is 32.8 Å². The average Bonchev–Trinajstić information content (AvgIpc) is 3.02. The van der Waals surface area contributed by atoms with Gasteiger partial charge in [0, 0.05) is 45.6 Å². The van der Waals surface area contributed by atoms with Crippen LogP contribution in [0.1, 0.15) is 34.6 Å². The van der Waals surface area contributed by atoms with E-state index in [0.29, 0.717) is 5.56 Å². The van der Waals surface area contributed by atoms with Crippen LogP contribution < -0.4 is 4.90 Å². The lowest BCUT2D eigenvalue weighted by Crippen LogP contribution is -2.49. The van der Waals surface area contributed by atoms with E-state index in [1.165, 1.54) is 0 Å². The number of amides is 1. The Hall–Kier alpha value is -2.44. The van der Waals surface area contributed by atoms with Crippen LogP contribution in [0.3, 0.4) is 0 Å². The lowest BCUT2D eigenvalue weighted by molar-refractivity contribution is 0.0717. The first kappa shape index (κ1) is 16.4. The second kappa shape index (κ2) is 6.59. The molecule has 2 aromatic heterocycles. The third-order valence-corrected chi connectivity index (χ3v) is 4.57. The quantitative estimate of drug-likeness (QED) is 0.855. The van der Waals surface area contributed by atoms with Crippen molar-refractivity contribution in [3.05, 3.63) is 35.5 Å². The zero-order valence-electron chi connectivity index (χ0n) is 14.7. The number of hydrogen-bond acceptors (Lipinski definition) is 5. The number of carbonyl (C=O) groups is 1. The fourth-order valence-electron chi connectivity index (χ4n) is 3.19. The molecular formula is C17H24N6O. The first-order valence-corrected chi connectivity index (χ1v) is 8.26. The zero-order chi connectivity index (χ0) is 17.3. The summed E-state index contributed by atoms with van der Waals surface area (Å²) in [5.74, 6) is 0.948. The van der Waals surface area contributed by atoms with Crippen molar-refractivity contribution in [2.24, 2.45) is 7.05 Å². The van der Waals surface area contributed by atoms with E-state index < -0.39 is 0 Å². The van der Waals surface area contributed by atoms with Crippen LogP contribution in [0.4, 0.5) is 5.82 Å². The molecule has 1 amide bonds. The summed E-state index contributed by atoms with van der Waals surface area (Å²) in [6.45, 7) is 5.66. The van der Waals surface area contributed by atoms with Gasteiger partial charge < -0.3 is 9.80 Å². The van der Waals surface area contributed by atoms with E-state index in [9.17, 15) is 4.79 Å². The zero-order valence-corrected chi connectivity index (χ0v) is 14.7. The monoisotopic (exact) mass is 328 g/mol. The second-order valence-corrected chi connectivity index (χ2v) is 6.48. The van der Waals surface area contributed by atoms with Gasteiger partial charge in [0.1, 0.15) is 5.82 Å². The second-order valence-electron chi connectivity index (χ2n) is 6.48. The molecule has 1 aliphatic rings. The summed E-state index contributed by atoms with van der Waals surface area (Å²) < 4.78 is 1.65. The number of hydrogen-bond donors (Lipinski definition) is 0. The normalized spacial score (nSPS) is 17.8. The molecule has 7 heteroatoms. The van der Waals surface area contributed by atoms with Gasteiger partial charge >= 0.3 is 0 Å². The van der Waals surface area contributed by atoms with Gasteiger partial charge in [-0.05, 0) is 26.7 Å². The Morgan fingerprint density at radius 1 is 1.33 bits per heavy atom. The molecule has 1 saturated heterocycles. The highest BCUT2D eigenvalue weighted by Crippen LogP contribution is 2.23. The van der Waals surface area contributed by atoms with E-state index in [2.05, 4.69) is 20.0 Å². The van der Waals surface area contributed by atoms with Crippen LogP contribution in [0, 0.1) is 13.8 Å². The largest absolute Gasteiger partial charge is 0.353 e. The highest BCUT2D eigenvalue weighted by molar-refractivity contribution is 5.93. The Balaban J connectivity index is 1.75. The van der Waals surface area contributed by atoms with Crippen molar-refractivity contribution in [3.63, 3.8) is 0 Å². The minimum atomic E-state index is 0.0157. The van der Waals surface area contributed by atoms with Gasteiger partial charge in [-0.3, -0.25) is 14.5 Å². The van der Waals surface area contributed by atoms with Crippen molar-refractivity contribution in [1.29, 1.82) is 0 Å². The summed E-state index contributed by atoms with van der Waals surface area (Å²) in [7, 11) is 3.69. The molecule has 3 heterocycles. The predicted molar refractivity (Wildman–Crippen MR) is 92.0 cm³/mol. The highest BCUT2D eigenvalue weighted by Gasteiger charge is 2.28. The van der Waals surface area contributed by atoms with Gasteiger partial charge in [-0.1, -0.05) is 0 Å². The van der Waals surface area contributed by atoms with Gasteiger partial charge in [0.15, 0.2) is 0 Å². The molecule has 1 aliphatic heterocycles. The number of carbonyl (C=O) groups excluding carboxylic acids is 1. The Morgan fingerprint density at radius 3 is 2.83 bits per heavy atom. The van der Waals surface area contributed by atoms with E-state index in [1.54, 1.807) is 23.3 Å². The van der Waals surface area contributed by atoms with Gasteiger partial charge in [0.25, 0.3) is 5.91 Å². The molecule has 0 N–H and O–H groups in total. The van der Waals surface area contributed by atoms with E-state index in [4.69, 9.17) is 0 Å². The fourth-order valence-corrected chi connectivity index (χ4v) is 3.19. The number of aryl methyl sites for hydroxylation is 3. The van der Waals surface area contributed by atoms with Crippen molar-refractivity contribution in [2.75, 3.05) is 25.0 Å². The summed E-state index contributed by atoms with van der Waals surface area (Å²) in [5.41, 5.74) is 2.48.